The highest BCUT2D eigenvalue weighted by atomic mass is 16.2. The highest BCUT2D eigenvalue weighted by Gasteiger charge is 2.44. The summed E-state index contributed by atoms with van der Waals surface area (Å²) in [7, 11) is 0. The Labute approximate surface area is 152 Å². The predicted octanol–water partition coefficient (Wildman–Crippen LogP) is 1.55. The van der Waals surface area contributed by atoms with Crippen molar-refractivity contribution < 1.29 is 19.2 Å². The molecule has 1 heterocycles. The number of nitrogens with zero attached hydrogens (tertiary/aromatic N) is 2. The molecule has 0 saturated carbocycles. The number of carbonyl (C=O) groups is 4. The Morgan fingerprint density at radius 3 is 2.38 bits per heavy atom. The summed E-state index contributed by atoms with van der Waals surface area (Å²) >= 11 is 0. The first-order valence-electron chi connectivity index (χ1n) is 9.00. The average molecular weight is 357 g/mol. The Hall–Kier alpha value is -2.70. The molecule has 1 aliphatic carbocycles. The van der Waals surface area contributed by atoms with Crippen molar-refractivity contribution in [2.45, 2.75) is 45.6 Å². The van der Waals surface area contributed by atoms with E-state index in [1.165, 1.54) is 24.0 Å². The van der Waals surface area contributed by atoms with E-state index in [-0.39, 0.29) is 12.6 Å². The molecule has 1 atom stereocenters. The maximum atomic E-state index is 12.3. The van der Waals surface area contributed by atoms with E-state index in [0.29, 0.717) is 4.90 Å². The Kier molecular flexibility index (Phi) is 5.06. The molecular weight excluding hydrogens is 334 g/mol. The zero-order valence-electron chi connectivity index (χ0n) is 15.1. The van der Waals surface area contributed by atoms with E-state index in [1.54, 1.807) is 6.92 Å². The molecule has 7 nitrogen and oxygen atoms in total. The Bertz CT molecular complexity index is 774. The number of rotatable bonds is 5. The van der Waals surface area contributed by atoms with Gasteiger partial charge >= 0.3 is 17.8 Å². The zero-order valence-corrected chi connectivity index (χ0v) is 15.1. The molecule has 0 aromatic heterocycles. The lowest BCUT2D eigenvalue weighted by Gasteiger charge is -2.21. The van der Waals surface area contributed by atoms with Crippen molar-refractivity contribution in [3.63, 3.8) is 0 Å². The predicted molar refractivity (Wildman–Crippen MR) is 94.1 cm³/mol. The molecule has 0 bridgehead atoms. The van der Waals surface area contributed by atoms with E-state index >= 15 is 0 Å². The van der Waals surface area contributed by atoms with Crippen LogP contribution in [0.5, 0.6) is 0 Å². The van der Waals surface area contributed by atoms with Crippen molar-refractivity contribution in [3.8, 4) is 0 Å². The number of urea groups is 1. The SMILES string of the molecule is CCN1C(=O)C(=O)N(CC(=O)N[C@@H](C)c2ccc3c(c2)CCCC3)C1=O. The number of benzene rings is 1. The number of aryl methyl sites for hydroxylation is 2. The fraction of sp³-hybridized carbons (Fsp3) is 0.474. The molecule has 1 aromatic carbocycles. The molecule has 1 aromatic rings. The summed E-state index contributed by atoms with van der Waals surface area (Å²) in [5, 5.41) is 2.80. The second-order valence-corrected chi connectivity index (χ2v) is 6.75. The van der Waals surface area contributed by atoms with Gasteiger partial charge in [-0.2, -0.15) is 0 Å². The number of imide groups is 2. The number of nitrogens with one attached hydrogen (secondary N) is 1. The maximum Gasteiger partial charge on any atom is 0.334 e. The molecule has 1 aliphatic heterocycles. The number of carbonyl (C=O) groups excluding carboxylic acids is 4. The minimum absolute atomic E-state index is 0.104. The van der Waals surface area contributed by atoms with Gasteiger partial charge in [0.25, 0.3) is 0 Å². The van der Waals surface area contributed by atoms with Crippen molar-refractivity contribution in [1.29, 1.82) is 0 Å². The quantitative estimate of drug-likeness (QED) is 0.640. The summed E-state index contributed by atoms with van der Waals surface area (Å²) in [5.74, 6) is -2.30. The van der Waals surface area contributed by atoms with Crippen LogP contribution in [0.3, 0.4) is 0 Å². The molecular formula is C19H23N3O4. The average Bonchev–Trinajstić information content (AvgIpc) is 2.84. The molecule has 3 rings (SSSR count). The summed E-state index contributed by atoms with van der Waals surface area (Å²) in [5.41, 5.74) is 3.68. The first-order chi connectivity index (χ1) is 12.4. The summed E-state index contributed by atoms with van der Waals surface area (Å²) in [6.07, 6.45) is 4.54. The van der Waals surface area contributed by atoms with Crippen LogP contribution in [-0.2, 0) is 27.2 Å². The van der Waals surface area contributed by atoms with E-state index in [0.717, 1.165) is 23.3 Å². The highest BCUT2D eigenvalue weighted by molar-refractivity contribution is 6.45. The van der Waals surface area contributed by atoms with Gasteiger partial charge < -0.3 is 5.32 Å². The van der Waals surface area contributed by atoms with Crippen LogP contribution in [0.2, 0.25) is 0 Å². The van der Waals surface area contributed by atoms with Gasteiger partial charge in [-0.25, -0.2) is 9.69 Å². The standard InChI is InChI=1S/C19H23N3O4/c1-3-21-17(24)18(25)22(19(21)26)11-16(23)20-12(2)14-9-8-13-6-4-5-7-15(13)10-14/h8-10,12H,3-7,11H2,1-2H3,(H,20,23)/t12-/m0/s1. The number of likely N-dealkylation sites (N-methyl/N-ethyl adjacent to an activating group) is 1. The van der Waals surface area contributed by atoms with E-state index in [2.05, 4.69) is 17.4 Å². The van der Waals surface area contributed by atoms with Crippen molar-refractivity contribution in [2.24, 2.45) is 0 Å². The molecule has 2 aliphatic rings. The van der Waals surface area contributed by atoms with Crippen LogP contribution in [0.25, 0.3) is 0 Å². The smallest absolute Gasteiger partial charge is 0.334 e. The monoisotopic (exact) mass is 357 g/mol. The molecule has 5 amide bonds. The Morgan fingerprint density at radius 1 is 1.08 bits per heavy atom. The van der Waals surface area contributed by atoms with Gasteiger partial charge in [-0.15, -0.1) is 0 Å². The van der Waals surface area contributed by atoms with E-state index in [1.807, 2.05) is 13.0 Å². The van der Waals surface area contributed by atoms with Crippen LogP contribution < -0.4 is 5.32 Å². The largest absolute Gasteiger partial charge is 0.348 e. The molecule has 1 fully saturated rings. The van der Waals surface area contributed by atoms with Crippen LogP contribution >= 0.6 is 0 Å². The molecule has 0 unspecified atom stereocenters. The number of amides is 5. The Morgan fingerprint density at radius 2 is 1.73 bits per heavy atom. The second kappa shape index (κ2) is 7.27. The summed E-state index contributed by atoms with van der Waals surface area (Å²) in [6, 6.07) is 5.25. The number of hydrogen-bond acceptors (Lipinski definition) is 4. The van der Waals surface area contributed by atoms with E-state index in [4.69, 9.17) is 0 Å². The van der Waals surface area contributed by atoms with Gasteiger partial charge in [0.1, 0.15) is 6.54 Å². The summed E-state index contributed by atoms with van der Waals surface area (Å²) < 4.78 is 0. The van der Waals surface area contributed by atoms with Gasteiger partial charge in [-0.1, -0.05) is 18.2 Å². The summed E-state index contributed by atoms with van der Waals surface area (Å²) in [4.78, 5) is 49.4. The lowest BCUT2D eigenvalue weighted by atomic mass is 9.89. The van der Waals surface area contributed by atoms with Gasteiger partial charge in [0.15, 0.2) is 0 Å². The minimum atomic E-state index is -0.951. The molecule has 138 valence electrons. The first-order valence-corrected chi connectivity index (χ1v) is 9.00. The van der Waals surface area contributed by atoms with Crippen molar-refractivity contribution in [1.82, 2.24) is 15.1 Å². The molecule has 1 N–H and O–H groups in total. The van der Waals surface area contributed by atoms with Gasteiger partial charge in [0.2, 0.25) is 5.91 Å². The topological polar surface area (TPSA) is 86.8 Å². The molecule has 1 saturated heterocycles. The third-order valence-corrected chi connectivity index (χ3v) is 5.00. The zero-order chi connectivity index (χ0) is 18.8. The lowest BCUT2D eigenvalue weighted by Crippen LogP contribution is -2.42. The van der Waals surface area contributed by atoms with E-state index < -0.39 is 30.3 Å². The third kappa shape index (κ3) is 3.34. The highest BCUT2D eigenvalue weighted by Crippen LogP contribution is 2.24. The van der Waals surface area contributed by atoms with Gasteiger partial charge in [0, 0.05) is 6.54 Å². The maximum absolute atomic E-state index is 12.3. The van der Waals surface area contributed by atoms with Gasteiger partial charge in [-0.3, -0.25) is 19.3 Å². The number of fused-ring (bicyclic) bond motifs is 1. The van der Waals surface area contributed by atoms with E-state index in [9.17, 15) is 19.2 Å². The Balaban J connectivity index is 1.64. The molecule has 7 heteroatoms. The minimum Gasteiger partial charge on any atom is -0.348 e. The molecule has 26 heavy (non-hydrogen) atoms. The molecule has 0 radical (unpaired) electrons. The van der Waals surface area contributed by atoms with Crippen LogP contribution in [0, 0.1) is 0 Å². The van der Waals surface area contributed by atoms with Crippen LogP contribution in [0.1, 0.15) is 49.4 Å². The van der Waals surface area contributed by atoms with Crippen molar-refractivity contribution >= 4 is 23.8 Å². The van der Waals surface area contributed by atoms with Crippen LogP contribution in [0.4, 0.5) is 4.79 Å². The third-order valence-electron chi connectivity index (χ3n) is 5.00. The van der Waals surface area contributed by atoms with Crippen LogP contribution in [0.15, 0.2) is 18.2 Å². The van der Waals surface area contributed by atoms with Crippen molar-refractivity contribution in [3.05, 3.63) is 34.9 Å². The van der Waals surface area contributed by atoms with Gasteiger partial charge in [-0.05, 0) is 56.2 Å². The number of hydrogen-bond donors (Lipinski definition) is 1. The second-order valence-electron chi connectivity index (χ2n) is 6.75. The van der Waals surface area contributed by atoms with Crippen molar-refractivity contribution in [2.75, 3.05) is 13.1 Å². The van der Waals surface area contributed by atoms with Crippen LogP contribution in [-0.4, -0.2) is 46.6 Å². The first kappa shape index (κ1) is 18.1. The fourth-order valence-electron chi connectivity index (χ4n) is 3.51. The van der Waals surface area contributed by atoms with Gasteiger partial charge in [0.05, 0.1) is 6.04 Å². The lowest BCUT2D eigenvalue weighted by molar-refractivity contribution is -0.144. The summed E-state index contributed by atoms with van der Waals surface area (Å²) in [6.45, 7) is 3.12. The fourth-order valence-corrected chi connectivity index (χ4v) is 3.51. The molecule has 0 spiro atoms. The normalized spacial score (nSPS) is 18.2.